The summed E-state index contributed by atoms with van der Waals surface area (Å²) >= 11 is 7.96. The Morgan fingerprint density at radius 1 is 1.30 bits per heavy atom. The molecule has 3 heterocycles. The van der Waals surface area contributed by atoms with Crippen molar-refractivity contribution in [2.45, 2.75) is 23.9 Å². The van der Waals surface area contributed by atoms with Gasteiger partial charge in [0.2, 0.25) is 0 Å². The van der Waals surface area contributed by atoms with Gasteiger partial charge >= 0.3 is 6.03 Å². The zero-order chi connectivity index (χ0) is 19.2. The highest BCUT2D eigenvalue weighted by Crippen LogP contribution is 2.32. The van der Waals surface area contributed by atoms with Crippen LogP contribution in [-0.4, -0.2) is 28.1 Å². The molecule has 0 spiro atoms. The summed E-state index contributed by atoms with van der Waals surface area (Å²) in [6, 6.07) is 10.6. The summed E-state index contributed by atoms with van der Waals surface area (Å²) < 4.78 is 5.34. The molecule has 0 aliphatic carbocycles. The molecule has 1 atom stereocenters. The fraction of sp³-hybridized carbons (Fsp3) is 0.211. The lowest BCUT2D eigenvalue weighted by Crippen LogP contribution is -2.40. The highest BCUT2D eigenvalue weighted by atomic mass is 35.5. The van der Waals surface area contributed by atoms with Gasteiger partial charge in [0.1, 0.15) is 10.9 Å². The molecule has 4 rings (SSSR count). The summed E-state index contributed by atoms with van der Waals surface area (Å²) in [7, 11) is 0. The quantitative estimate of drug-likeness (QED) is 0.403. The number of carbonyl (C=O) groups is 2. The summed E-state index contributed by atoms with van der Waals surface area (Å²) in [4.78, 5) is 32.0. The lowest BCUT2D eigenvalue weighted by molar-refractivity contribution is -0.132. The first-order chi connectivity index (χ1) is 12.9. The summed E-state index contributed by atoms with van der Waals surface area (Å²) in [6.07, 6.45) is 3.46. The van der Waals surface area contributed by atoms with E-state index in [4.69, 9.17) is 16.0 Å². The van der Waals surface area contributed by atoms with Crippen LogP contribution >= 0.6 is 23.4 Å². The lowest BCUT2D eigenvalue weighted by Gasteiger charge is -2.19. The number of hydrogen-bond acceptors (Lipinski definition) is 5. The molecule has 8 heteroatoms. The number of hydrogen-bond donors (Lipinski definition) is 1. The molecule has 138 valence electrons. The Hall–Kier alpha value is -2.51. The second-order valence-corrected chi connectivity index (χ2v) is 7.66. The molecule has 1 fully saturated rings. The van der Waals surface area contributed by atoms with Crippen molar-refractivity contribution in [3.8, 4) is 0 Å². The minimum absolute atomic E-state index is 0.0347. The van der Waals surface area contributed by atoms with E-state index in [9.17, 15) is 9.59 Å². The Morgan fingerprint density at radius 2 is 2.11 bits per heavy atom. The second-order valence-electron chi connectivity index (χ2n) is 6.42. The summed E-state index contributed by atoms with van der Waals surface area (Å²) in [5.41, 5.74) is 0.145. The van der Waals surface area contributed by atoms with Gasteiger partial charge in [-0.25, -0.2) is 9.78 Å². The number of thioether (sulfide) groups is 1. The molecule has 2 aromatic heterocycles. The Balaban J connectivity index is 1.67. The maximum absolute atomic E-state index is 12.9. The molecule has 3 aromatic rings. The van der Waals surface area contributed by atoms with E-state index >= 15 is 0 Å². The van der Waals surface area contributed by atoms with Crippen molar-refractivity contribution in [1.82, 2.24) is 15.2 Å². The summed E-state index contributed by atoms with van der Waals surface area (Å²) in [6.45, 7) is 1.66. The minimum Gasteiger partial charge on any atom is -0.466 e. The second kappa shape index (κ2) is 6.58. The number of urea groups is 1. The topological polar surface area (TPSA) is 75.4 Å². The predicted octanol–water partition coefficient (Wildman–Crippen LogP) is 4.17. The fourth-order valence-corrected chi connectivity index (χ4v) is 3.78. The summed E-state index contributed by atoms with van der Waals surface area (Å²) in [5, 5.41) is 3.87. The Bertz CT molecular complexity index is 1050. The third-order valence-electron chi connectivity index (χ3n) is 4.67. The van der Waals surface area contributed by atoms with Crippen molar-refractivity contribution in [3.63, 3.8) is 0 Å². The number of fused-ring (bicyclic) bond motifs is 1. The molecule has 0 radical (unpaired) electrons. The van der Waals surface area contributed by atoms with Crippen LogP contribution in [0.5, 0.6) is 0 Å². The lowest BCUT2D eigenvalue weighted by atomic mass is 9.99. The molecule has 1 N–H and O–H groups in total. The standard InChI is InChI=1S/C19H16ClN3O3S/c1-19(15-4-3-7-26-15)17(24)23(18(25)22-19)10-12-8-11-5-6-13(27-2)9-14(11)21-16(12)20/h3-9H,10H2,1-2H3,(H,22,25)/t19-/m0/s1. The third kappa shape index (κ3) is 2.96. The molecule has 1 aliphatic rings. The SMILES string of the molecule is CSc1ccc2cc(CN3C(=O)N[C@@](C)(c4ccco4)C3=O)c(Cl)nc2c1. The molecule has 1 aliphatic heterocycles. The van der Waals surface area contributed by atoms with Crippen LogP contribution in [0.4, 0.5) is 4.79 Å². The number of nitrogens with zero attached hydrogens (tertiary/aromatic N) is 2. The summed E-state index contributed by atoms with van der Waals surface area (Å²) in [5.74, 6) is -0.00739. The van der Waals surface area contributed by atoms with Crippen LogP contribution in [0.2, 0.25) is 5.15 Å². The van der Waals surface area contributed by atoms with Crippen molar-refractivity contribution < 1.29 is 14.0 Å². The number of amides is 3. The molecule has 1 aromatic carbocycles. The first-order valence-corrected chi connectivity index (χ1v) is 9.84. The largest absolute Gasteiger partial charge is 0.466 e. The van der Waals surface area contributed by atoms with Gasteiger partial charge in [-0.05, 0) is 43.5 Å². The van der Waals surface area contributed by atoms with E-state index in [1.807, 2.05) is 30.5 Å². The van der Waals surface area contributed by atoms with Gasteiger partial charge in [0.15, 0.2) is 5.54 Å². The zero-order valence-electron chi connectivity index (χ0n) is 14.7. The third-order valence-corrected chi connectivity index (χ3v) is 5.72. The van der Waals surface area contributed by atoms with E-state index in [1.54, 1.807) is 30.8 Å². The van der Waals surface area contributed by atoms with Gasteiger partial charge in [-0.1, -0.05) is 17.7 Å². The van der Waals surface area contributed by atoms with Crippen molar-refractivity contribution >= 4 is 46.2 Å². The molecule has 0 unspecified atom stereocenters. The number of halogens is 1. The van der Waals surface area contributed by atoms with Crippen LogP contribution < -0.4 is 5.32 Å². The molecule has 0 saturated carbocycles. The van der Waals surface area contributed by atoms with Crippen molar-refractivity contribution in [2.24, 2.45) is 0 Å². The highest BCUT2D eigenvalue weighted by molar-refractivity contribution is 7.98. The molecule has 0 bridgehead atoms. The molecule has 27 heavy (non-hydrogen) atoms. The molecule has 1 saturated heterocycles. The van der Waals surface area contributed by atoms with Crippen LogP contribution in [0.25, 0.3) is 10.9 Å². The van der Waals surface area contributed by atoms with E-state index in [0.29, 0.717) is 11.3 Å². The van der Waals surface area contributed by atoms with Crippen LogP contribution in [-0.2, 0) is 16.9 Å². The predicted molar refractivity (Wildman–Crippen MR) is 104 cm³/mol. The monoisotopic (exact) mass is 401 g/mol. The number of nitrogens with one attached hydrogen (secondary N) is 1. The van der Waals surface area contributed by atoms with Crippen molar-refractivity contribution in [3.05, 3.63) is 59.1 Å². The van der Waals surface area contributed by atoms with Crippen LogP contribution in [0.1, 0.15) is 18.2 Å². The molecular formula is C19H16ClN3O3S. The van der Waals surface area contributed by atoms with E-state index in [-0.39, 0.29) is 11.7 Å². The number of imide groups is 1. The number of furan rings is 1. The number of benzene rings is 1. The number of carbonyl (C=O) groups excluding carboxylic acids is 2. The molecular weight excluding hydrogens is 386 g/mol. The normalized spacial score (nSPS) is 19.7. The van der Waals surface area contributed by atoms with Gasteiger partial charge in [-0.2, -0.15) is 0 Å². The van der Waals surface area contributed by atoms with Crippen molar-refractivity contribution in [1.29, 1.82) is 0 Å². The Kier molecular flexibility index (Phi) is 4.36. The van der Waals surface area contributed by atoms with Crippen LogP contribution in [0.15, 0.2) is 52.0 Å². The number of rotatable bonds is 4. The van der Waals surface area contributed by atoms with E-state index in [1.165, 1.54) is 6.26 Å². The van der Waals surface area contributed by atoms with Gasteiger partial charge in [-0.3, -0.25) is 9.69 Å². The van der Waals surface area contributed by atoms with Gasteiger partial charge in [-0.15, -0.1) is 11.8 Å². The smallest absolute Gasteiger partial charge is 0.325 e. The average molecular weight is 402 g/mol. The minimum atomic E-state index is -1.23. The van der Waals surface area contributed by atoms with Gasteiger partial charge in [0.05, 0.1) is 18.3 Å². The van der Waals surface area contributed by atoms with E-state index < -0.39 is 17.5 Å². The Labute approximate surface area is 164 Å². The van der Waals surface area contributed by atoms with Gasteiger partial charge in [0.25, 0.3) is 5.91 Å². The number of aromatic nitrogens is 1. The zero-order valence-corrected chi connectivity index (χ0v) is 16.2. The first-order valence-electron chi connectivity index (χ1n) is 8.23. The fourth-order valence-electron chi connectivity index (χ4n) is 3.15. The highest BCUT2D eigenvalue weighted by Gasteiger charge is 2.51. The van der Waals surface area contributed by atoms with Crippen LogP contribution in [0.3, 0.4) is 0 Å². The van der Waals surface area contributed by atoms with E-state index in [0.717, 1.165) is 20.7 Å². The maximum atomic E-state index is 12.9. The Morgan fingerprint density at radius 3 is 2.81 bits per heavy atom. The van der Waals surface area contributed by atoms with Crippen molar-refractivity contribution in [2.75, 3.05) is 6.26 Å². The number of pyridine rings is 1. The van der Waals surface area contributed by atoms with Gasteiger partial charge in [0, 0.05) is 15.8 Å². The van der Waals surface area contributed by atoms with E-state index in [2.05, 4.69) is 10.3 Å². The maximum Gasteiger partial charge on any atom is 0.325 e. The first kappa shape index (κ1) is 17.9. The van der Waals surface area contributed by atoms with Crippen LogP contribution in [0, 0.1) is 0 Å². The van der Waals surface area contributed by atoms with Gasteiger partial charge < -0.3 is 9.73 Å². The molecule has 3 amide bonds. The molecule has 6 nitrogen and oxygen atoms in total. The average Bonchev–Trinajstić information content (AvgIpc) is 3.26.